The van der Waals surface area contributed by atoms with Gasteiger partial charge in [0.15, 0.2) is 0 Å². The number of carbonyl (C=O) groups is 1. The first-order chi connectivity index (χ1) is 7.84. The van der Waals surface area contributed by atoms with E-state index in [1.807, 2.05) is 0 Å². The SMILES string of the molecule is COCCS(=O)(=O)N1CCCCC1(C)C(=O)O. The summed E-state index contributed by atoms with van der Waals surface area (Å²) in [5, 5.41) is 9.22. The molecule has 0 aromatic carbocycles. The molecule has 0 radical (unpaired) electrons. The van der Waals surface area contributed by atoms with Crippen LogP contribution in [0.4, 0.5) is 0 Å². The summed E-state index contributed by atoms with van der Waals surface area (Å²) < 4.78 is 30.0. The van der Waals surface area contributed by atoms with Gasteiger partial charge in [-0.2, -0.15) is 4.31 Å². The van der Waals surface area contributed by atoms with Gasteiger partial charge >= 0.3 is 5.97 Å². The van der Waals surface area contributed by atoms with Crippen LogP contribution in [0.3, 0.4) is 0 Å². The van der Waals surface area contributed by atoms with E-state index >= 15 is 0 Å². The average molecular weight is 265 g/mol. The number of methoxy groups -OCH3 is 1. The summed E-state index contributed by atoms with van der Waals surface area (Å²) in [5.41, 5.74) is -1.31. The Morgan fingerprint density at radius 1 is 1.47 bits per heavy atom. The second-order valence-corrected chi connectivity index (χ2v) is 6.43. The van der Waals surface area contributed by atoms with Crippen molar-refractivity contribution in [2.45, 2.75) is 31.7 Å². The fourth-order valence-electron chi connectivity index (χ4n) is 2.05. The topological polar surface area (TPSA) is 83.9 Å². The molecule has 0 saturated carbocycles. The van der Waals surface area contributed by atoms with E-state index in [2.05, 4.69) is 0 Å². The monoisotopic (exact) mass is 265 g/mol. The minimum atomic E-state index is -3.57. The maximum absolute atomic E-state index is 12.0. The van der Waals surface area contributed by atoms with Crippen molar-refractivity contribution in [2.24, 2.45) is 0 Å². The van der Waals surface area contributed by atoms with Crippen LogP contribution in [0, 0.1) is 0 Å². The number of nitrogens with zero attached hydrogens (tertiary/aromatic N) is 1. The smallest absolute Gasteiger partial charge is 0.324 e. The fourth-order valence-corrected chi connectivity index (χ4v) is 3.84. The summed E-state index contributed by atoms with van der Waals surface area (Å²) in [7, 11) is -2.15. The van der Waals surface area contributed by atoms with Gasteiger partial charge < -0.3 is 9.84 Å². The molecule has 1 aliphatic heterocycles. The lowest BCUT2D eigenvalue weighted by Crippen LogP contribution is -2.58. The summed E-state index contributed by atoms with van der Waals surface area (Å²) in [6.07, 6.45) is 1.79. The lowest BCUT2D eigenvalue weighted by atomic mass is 9.91. The molecule has 0 amide bonds. The summed E-state index contributed by atoms with van der Waals surface area (Å²) in [6.45, 7) is 1.82. The van der Waals surface area contributed by atoms with Crippen molar-refractivity contribution in [3.63, 3.8) is 0 Å². The van der Waals surface area contributed by atoms with Gasteiger partial charge in [0.25, 0.3) is 0 Å². The third-order valence-electron chi connectivity index (χ3n) is 3.17. The van der Waals surface area contributed by atoms with E-state index in [1.54, 1.807) is 0 Å². The Morgan fingerprint density at radius 2 is 2.12 bits per heavy atom. The zero-order chi connectivity index (χ0) is 13.1. The van der Waals surface area contributed by atoms with Gasteiger partial charge in [0, 0.05) is 13.7 Å². The summed E-state index contributed by atoms with van der Waals surface area (Å²) in [4.78, 5) is 11.3. The summed E-state index contributed by atoms with van der Waals surface area (Å²) in [5.74, 6) is -1.26. The molecule has 1 N–H and O–H groups in total. The van der Waals surface area contributed by atoms with Gasteiger partial charge in [0.05, 0.1) is 12.4 Å². The maximum atomic E-state index is 12.0. The molecule has 7 heteroatoms. The molecule has 1 aliphatic rings. The van der Waals surface area contributed by atoms with Crippen molar-refractivity contribution < 1.29 is 23.1 Å². The molecule has 100 valence electrons. The standard InChI is InChI=1S/C10H19NO5S/c1-10(9(12)13)5-3-4-6-11(10)17(14,15)8-7-16-2/h3-8H2,1-2H3,(H,12,13). The molecule has 1 unspecified atom stereocenters. The molecular formula is C10H19NO5S. The molecule has 1 saturated heterocycles. The van der Waals surface area contributed by atoms with Crippen LogP contribution in [0.2, 0.25) is 0 Å². The minimum absolute atomic E-state index is 0.0779. The molecule has 6 nitrogen and oxygen atoms in total. The number of aliphatic carboxylic acids is 1. The summed E-state index contributed by atoms with van der Waals surface area (Å²) >= 11 is 0. The van der Waals surface area contributed by atoms with Crippen LogP contribution in [0.25, 0.3) is 0 Å². The van der Waals surface area contributed by atoms with Crippen LogP contribution in [0.5, 0.6) is 0 Å². The van der Waals surface area contributed by atoms with Crippen molar-refractivity contribution in [1.82, 2.24) is 4.31 Å². The van der Waals surface area contributed by atoms with E-state index in [9.17, 15) is 18.3 Å². The van der Waals surface area contributed by atoms with E-state index in [0.29, 0.717) is 12.8 Å². The van der Waals surface area contributed by atoms with Crippen molar-refractivity contribution in [2.75, 3.05) is 26.0 Å². The number of piperidine rings is 1. The van der Waals surface area contributed by atoms with Gasteiger partial charge in [-0.3, -0.25) is 4.79 Å². The van der Waals surface area contributed by atoms with Crippen LogP contribution in [0.1, 0.15) is 26.2 Å². The zero-order valence-electron chi connectivity index (χ0n) is 10.2. The van der Waals surface area contributed by atoms with E-state index in [1.165, 1.54) is 14.0 Å². The molecule has 0 aromatic rings. The molecule has 0 aliphatic carbocycles. The van der Waals surface area contributed by atoms with Gasteiger partial charge in [-0.05, 0) is 26.2 Å². The number of carboxylic acids is 1. The van der Waals surface area contributed by atoms with Gasteiger partial charge in [-0.25, -0.2) is 8.42 Å². The first-order valence-electron chi connectivity index (χ1n) is 5.57. The number of rotatable bonds is 5. The van der Waals surface area contributed by atoms with Crippen molar-refractivity contribution in [3.05, 3.63) is 0 Å². The Morgan fingerprint density at radius 3 is 2.65 bits per heavy atom. The normalized spacial score (nSPS) is 26.9. The predicted molar refractivity (Wildman–Crippen MR) is 62.3 cm³/mol. The van der Waals surface area contributed by atoms with Crippen molar-refractivity contribution >= 4 is 16.0 Å². The third-order valence-corrected chi connectivity index (χ3v) is 5.11. The maximum Gasteiger partial charge on any atom is 0.324 e. The van der Waals surface area contributed by atoms with Gasteiger partial charge in [0.2, 0.25) is 10.0 Å². The highest BCUT2D eigenvalue weighted by Crippen LogP contribution is 2.30. The van der Waals surface area contributed by atoms with Crippen molar-refractivity contribution in [3.8, 4) is 0 Å². The molecule has 1 atom stereocenters. The van der Waals surface area contributed by atoms with E-state index < -0.39 is 21.5 Å². The van der Waals surface area contributed by atoms with Crippen LogP contribution < -0.4 is 0 Å². The number of hydrogen-bond donors (Lipinski definition) is 1. The Hall–Kier alpha value is -0.660. The fraction of sp³-hybridized carbons (Fsp3) is 0.900. The number of carboxylic acid groups (broad SMARTS) is 1. The molecule has 0 bridgehead atoms. The Balaban J connectivity index is 2.96. The quantitative estimate of drug-likeness (QED) is 0.772. The second-order valence-electron chi connectivity index (χ2n) is 4.42. The van der Waals surface area contributed by atoms with Crippen molar-refractivity contribution in [1.29, 1.82) is 0 Å². The van der Waals surface area contributed by atoms with E-state index in [0.717, 1.165) is 10.7 Å². The lowest BCUT2D eigenvalue weighted by Gasteiger charge is -2.40. The van der Waals surface area contributed by atoms with Gasteiger partial charge in [-0.1, -0.05) is 0 Å². The van der Waals surface area contributed by atoms with Gasteiger partial charge in [-0.15, -0.1) is 0 Å². The molecule has 17 heavy (non-hydrogen) atoms. The highest BCUT2D eigenvalue weighted by molar-refractivity contribution is 7.89. The number of sulfonamides is 1. The Bertz CT molecular complexity index is 380. The number of ether oxygens (including phenoxy) is 1. The molecular weight excluding hydrogens is 246 g/mol. The van der Waals surface area contributed by atoms with Crippen LogP contribution in [0.15, 0.2) is 0 Å². The first kappa shape index (κ1) is 14.4. The predicted octanol–water partition coefficient (Wildman–Crippen LogP) is 0.292. The Kier molecular flexibility index (Phi) is 4.51. The largest absolute Gasteiger partial charge is 0.480 e. The minimum Gasteiger partial charge on any atom is -0.480 e. The second kappa shape index (κ2) is 5.32. The molecule has 0 spiro atoms. The highest BCUT2D eigenvalue weighted by atomic mass is 32.2. The zero-order valence-corrected chi connectivity index (χ0v) is 11.0. The molecule has 1 heterocycles. The molecule has 1 fully saturated rings. The van der Waals surface area contributed by atoms with E-state index in [-0.39, 0.29) is 18.9 Å². The van der Waals surface area contributed by atoms with Gasteiger partial charge in [0.1, 0.15) is 5.54 Å². The average Bonchev–Trinajstić information content (AvgIpc) is 2.26. The highest BCUT2D eigenvalue weighted by Gasteiger charge is 2.46. The van der Waals surface area contributed by atoms with Crippen LogP contribution in [-0.2, 0) is 19.6 Å². The lowest BCUT2D eigenvalue weighted by molar-refractivity contribution is -0.149. The summed E-state index contributed by atoms with van der Waals surface area (Å²) in [6, 6.07) is 0. The van der Waals surface area contributed by atoms with Crippen LogP contribution >= 0.6 is 0 Å². The first-order valence-corrected chi connectivity index (χ1v) is 7.18. The number of hydrogen-bond acceptors (Lipinski definition) is 4. The molecule has 1 rings (SSSR count). The molecule has 0 aromatic heterocycles. The van der Waals surface area contributed by atoms with E-state index in [4.69, 9.17) is 4.74 Å². The van der Waals surface area contributed by atoms with Crippen LogP contribution in [-0.4, -0.2) is 55.4 Å². The Labute approximate surface area is 102 Å². The third kappa shape index (κ3) is 2.97.